The minimum absolute atomic E-state index is 0.120. The van der Waals surface area contributed by atoms with Gasteiger partial charge in [-0.05, 0) is 123 Å². The molecule has 70 heavy (non-hydrogen) atoms. The Balaban J connectivity index is 0.000000381. The maximum atomic E-state index is 14.5. The topological polar surface area (TPSA) is 162 Å². The summed E-state index contributed by atoms with van der Waals surface area (Å²) in [6, 6.07) is 12.1. The van der Waals surface area contributed by atoms with Gasteiger partial charge in [0.25, 0.3) is 0 Å². The summed E-state index contributed by atoms with van der Waals surface area (Å²) in [5.41, 5.74) is 9.54. The third kappa shape index (κ3) is 21.4. The number of carbonyl (C=O) groups is 3. The molecule has 0 radical (unpaired) electrons. The molecule has 6 rings (SSSR count). The molecule has 2 amide bonds. The Morgan fingerprint density at radius 3 is 1.44 bits per heavy atom. The number of nitrogen functional groups attached to an aromatic ring is 1. The molecule has 388 valence electrons. The van der Waals surface area contributed by atoms with Gasteiger partial charge in [-0.2, -0.15) is 5.26 Å². The molecule has 2 aromatic carbocycles. The van der Waals surface area contributed by atoms with Crippen LogP contribution in [-0.2, 0) is 51.2 Å². The van der Waals surface area contributed by atoms with Crippen molar-refractivity contribution in [2.75, 3.05) is 37.2 Å². The molecule has 2 aliphatic heterocycles. The molecular weight excluding hydrogens is 1040 g/mol. The summed E-state index contributed by atoms with van der Waals surface area (Å²) < 4.78 is 40.9. The molecule has 0 unspecified atom stereocenters. The first-order valence-corrected chi connectivity index (χ1v) is 41.9. The molecular formula is C51H82Cl2F2N6O5Si3Zn. The zero-order chi connectivity index (χ0) is 53.3. The standard InChI is InChI=1S/C24H36FN3O2Si.C19H31FN2O2Si.C4H9NSi.C4H6O.2ClH.Zn/c1-23(2,3)31(4,5)30-20-15-28(16-20)22(29)9-6-8-18-10-11-19(14-21(18)25)27-24(17-26)12-7-13-24;1-19(2,3)25(4,5)24-16-12-22(13-16)18(23)8-6-7-14-9-10-15(21)11-17(14)20;1-6(2,3)4-5;5-4-2-1-3-4;;;/h10-11,14,20,27H,6-9,12-13,15-16H2,1-5H3;9-11,16H,6-8,12-13,21H2,1-5H3;1-3H3;1-3H2;2*1H;/q;;;;;;+2/p-2. The average Bonchev–Trinajstić information content (AvgIpc) is 3.19. The van der Waals surface area contributed by atoms with Crippen molar-refractivity contribution in [2.45, 2.75) is 192 Å². The van der Waals surface area contributed by atoms with E-state index in [2.05, 4.69) is 84.8 Å². The van der Waals surface area contributed by atoms with Gasteiger partial charge in [-0.25, -0.2) is 14.0 Å². The van der Waals surface area contributed by atoms with E-state index in [0.717, 1.165) is 38.5 Å². The van der Waals surface area contributed by atoms with Crippen LogP contribution in [0.15, 0.2) is 36.4 Å². The van der Waals surface area contributed by atoms with Crippen LogP contribution < -0.4 is 11.1 Å². The minimum atomic E-state index is -1.80. The number of likely N-dealkylation sites (tertiary alicyclic amines) is 2. The Kier molecular flexibility index (Phi) is 25.4. The summed E-state index contributed by atoms with van der Waals surface area (Å²) in [6.07, 6.45) is 8.97. The summed E-state index contributed by atoms with van der Waals surface area (Å²) in [7, 11) is 5.00. The number of rotatable bonds is 14. The second kappa shape index (κ2) is 28.1. The van der Waals surface area contributed by atoms with E-state index in [0.29, 0.717) is 93.0 Å². The van der Waals surface area contributed by atoms with Crippen LogP contribution in [0.4, 0.5) is 20.2 Å². The van der Waals surface area contributed by atoms with Crippen molar-refractivity contribution in [1.29, 1.82) is 10.5 Å². The first-order valence-electron chi connectivity index (χ1n) is 24.8. The van der Waals surface area contributed by atoms with E-state index in [1.165, 1.54) is 12.1 Å². The van der Waals surface area contributed by atoms with Crippen molar-refractivity contribution < 1.29 is 47.2 Å². The number of amides is 2. The molecule has 4 fully saturated rings. The van der Waals surface area contributed by atoms with E-state index in [4.69, 9.17) is 39.2 Å². The van der Waals surface area contributed by atoms with Gasteiger partial charge < -0.3 is 29.7 Å². The van der Waals surface area contributed by atoms with Gasteiger partial charge in [-0.15, -0.1) is 0 Å². The van der Waals surface area contributed by atoms with Crippen LogP contribution in [0.5, 0.6) is 0 Å². The number of carbonyl (C=O) groups excluding carboxylic acids is 3. The van der Waals surface area contributed by atoms with Crippen molar-refractivity contribution in [3.63, 3.8) is 0 Å². The fourth-order valence-electron chi connectivity index (χ4n) is 6.78. The monoisotopic (exact) mass is 1110 g/mol. The molecule has 0 bridgehead atoms. The molecule has 2 saturated carbocycles. The number of aryl methyl sites for hydroxylation is 2. The first-order chi connectivity index (χ1) is 32.3. The molecule has 2 heterocycles. The van der Waals surface area contributed by atoms with Crippen LogP contribution in [0.2, 0.25) is 55.9 Å². The normalized spacial score (nSPS) is 16.6. The number of nitrogens with one attached hydrogen (secondary N) is 1. The summed E-state index contributed by atoms with van der Waals surface area (Å²) in [4.78, 5) is 38.3. The number of halogens is 4. The van der Waals surface area contributed by atoms with E-state index in [1.807, 2.05) is 35.5 Å². The van der Waals surface area contributed by atoms with E-state index in [9.17, 15) is 28.4 Å². The number of anilines is 2. The van der Waals surface area contributed by atoms with Gasteiger partial charge in [0, 0.05) is 68.9 Å². The van der Waals surface area contributed by atoms with Gasteiger partial charge in [0.2, 0.25) is 11.8 Å². The van der Waals surface area contributed by atoms with E-state index in [-0.39, 0.29) is 45.7 Å². The Morgan fingerprint density at radius 1 is 0.771 bits per heavy atom. The molecule has 2 aromatic rings. The second-order valence-electron chi connectivity index (χ2n) is 23.0. The van der Waals surface area contributed by atoms with Crippen LogP contribution in [0.1, 0.15) is 117 Å². The first kappa shape index (κ1) is 63.4. The predicted octanol–water partition coefficient (Wildman–Crippen LogP) is 12.7. The number of nitrogens with two attached hydrogens (primary N) is 1. The van der Waals surface area contributed by atoms with Crippen molar-refractivity contribution >= 4 is 73.1 Å². The predicted molar refractivity (Wildman–Crippen MR) is 286 cm³/mol. The van der Waals surface area contributed by atoms with E-state index in [1.54, 1.807) is 18.2 Å². The maximum absolute atomic E-state index is 14.5. The van der Waals surface area contributed by atoms with Crippen LogP contribution in [0.3, 0.4) is 0 Å². The van der Waals surface area contributed by atoms with Crippen molar-refractivity contribution in [3.8, 4) is 11.8 Å². The molecule has 2 aliphatic carbocycles. The van der Waals surface area contributed by atoms with Gasteiger partial charge in [0.1, 0.15) is 23.0 Å². The molecule has 4 aliphatic rings. The number of benzene rings is 2. The van der Waals surface area contributed by atoms with Gasteiger partial charge >= 0.3 is 34.5 Å². The van der Waals surface area contributed by atoms with Crippen molar-refractivity contribution in [2.24, 2.45) is 0 Å². The van der Waals surface area contributed by atoms with E-state index >= 15 is 0 Å². The third-order valence-corrected chi connectivity index (χ3v) is 23.5. The number of Topliss-reactive ketones (excluding diaryl/α,β-unsaturated/α-hetero) is 1. The van der Waals surface area contributed by atoms with Crippen molar-refractivity contribution in [3.05, 3.63) is 59.2 Å². The van der Waals surface area contributed by atoms with Gasteiger partial charge in [0.15, 0.2) is 24.7 Å². The molecule has 11 nitrogen and oxygen atoms in total. The summed E-state index contributed by atoms with van der Waals surface area (Å²) in [5.74, 6) is 0.113. The third-order valence-electron chi connectivity index (χ3n) is 13.8. The summed E-state index contributed by atoms with van der Waals surface area (Å²) >= 11 is -0.931. The second-order valence-corrected chi connectivity index (χ2v) is 41.8. The Bertz CT molecular complexity index is 2100. The quantitative estimate of drug-likeness (QED) is 0.139. The Hall–Kier alpha value is -2.74. The number of hydrogen-bond acceptors (Lipinski definition) is 9. The average molecular weight is 1120 g/mol. The molecule has 0 atom stereocenters. The molecule has 0 spiro atoms. The molecule has 3 N–H and O–H groups in total. The van der Waals surface area contributed by atoms with Crippen LogP contribution in [-0.4, -0.2) is 96.0 Å². The molecule has 0 aromatic heterocycles. The van der Waals surface area contributed by atoms with Crippen LogP contribution in [0.25, 0.3) is 0 Å². The van der Waals surface area contributed by atoms with Gasteiger partial charge in [0.05, 0.1) is 18.3 Å². The Labute approximate surface area is 438 Å². The molecule has 2 saturated heterocycles. The Morgan fingerprint density at radius 2 is 1.16 bits per heavy atom. The number of ketones is 1. The summed E-state index contributed by atoms with van der Waals surface area (Å²) in [5, 5.41) is 21.1. The van der Waals surface area contributed by atoms with Crippen LogP contribution >= 0.6 is 19.4 Å². The molecule has 19 heteroatoms. The number of hydrogen-bond donors (Lipinski definition) is 2. The number of nitrogens with zero attached hydrogens (tertiary/aromatic N) is 4. The van der Waals surface area contributed by atoms with Gasteiger partial charge in [-0.3, -0.25) is 14.4 Å². The van der Waals surface area contributed by atoms with E-state index < -0.39 is 45.4 Å². The van der Waals surface area contributed by atoms with Gasteiger partial charge in [-0.1, -0.05) is 73.3 Å². The summed E-state index contributed by atoms with van der Waals surface area (Å²) in [6.45, 7) is 31.0. The van der Waals surface area contributed by atoms with Crippen LogP contribution in [0, 0.1) is 33.9 Å². The SMILES string of the molecule is CC(C)(C)[Si](C)(C)OC1CN(C(=O)CCCc2ccc(N)cc2F)C1.CC(C)(C)[Si](C)(C)OC1CN(C(=O)CCCc2ccc(NC3(C#N)CCC3)cc2F)C1.C[Si](C)(C)C#N.O=C1CCC1.[Cl][Zn][Cl]. The fraction of sp³-hybridized carbons (Fsp3) is 0.667. The zero-order valence-electron chi connectivity index (χ0n) is 44.6. The fourth-order valence-corrected chi connectivity index (χ4v) is 9.45. The number of nitriles is 2. The van der Waals surface area contributed by atoms with Crippen molar-refractivity contribution in [1.82, 2.24) is 9.80 Å². The zero-order valence-corrected chi connectivity index (χ0v) is 52.0.